The van der Waals surface area contributed by atoms with Crippen molar-refractivity contribution in [3.63, 3.8) is 0 Å². The molecule has 3 heteroatoms. The number of rotatable bonds is 3. The van der Waals surface area contributed by atoms with Crippen LogP contribution in [0.4, 0.5) is 4.39 Å². The van der Waals surface area contributed by atoms with Gasteiger partial charge in [0.2, 0.25) is 0 Å². The molecule has 0 aliphatic rings. The molecule has 0 aromatic heterocycles. The zero-order valence-electron chi connectivity index (χ0n) is 7.63. The van der Waals surface area contributed by atoms with Gasteiger partial charge < -0.3 is 4.74 Å². The van der Waals surface area contributed by atoms with E-state index in [2.05, 4.69) is 0 Å². The molecule has 2 nitrogen and oxygen atoms in total. The predicted molar refractivity (Wildman–Crippen MR) is 47.7 cm³/mol. The summed E-state index contributed by atoms with van der Waals surface area (Å²) in [5.74, 6) is -0.292. The largest absolute Gasteiger partial charge is 0.491 e. The first-order valence-corrected chi connectivity index (χ1v) is 4.07. The van der Waals surface area contributed by atoms with Gasteiger partial charge in [0.25, 0.3) is 0 Å². The Labute approximate surface area is 76.3 Å². The van der Waals surface area contributed by atoms with Crippen molar-refractivity contribution < 1.29 is 13.9 Å². The van der Waals surface area contributed by atoms with E-state index in [4.69, 9.17) is 4.74 Å². The van der Waals surface area contributed by atoms with E-state index in [1.807, 2.05) is 0 Å². The summed E-state index contributed by atoms with van der Waals surface area (Å²) in [6.45, 7) is 3.94. The van der Waals surface area contributed by atoms with Gasteiger partial charge >= 0.3 is 0 Å². The molecule has 13 heavy (non-hydrogen) atoms. The molecule has 0 spiro atoms. The molecular formula is C10H11FO2. The molecule has 0 atom stereocenters. The van der Waals surface area contributed by atoms with Gasteiger partial charge in [0.1, 0.15) is 6.29 Å². The lowest BCUT2D eigenvalue weighted by molar-refractivity contribution is 0.112. The van der Waals surface area contributed by atoms with E-state index in [1.54, 1.807) is 13.8 Å². The lowest BCUT2D eigenvalue weighted by Crippen LogP contribution is -1.97. The smallest absolute Gasteiger partial charge is 0.165 e. The predicted octanol–water partition coefficient (Wildman–Crippen LogP) is 2.35. The third-order valence-corrected chi connectivity index (χ3v) is 1.75. The Morgan fingerprint density at radius 3 is 2.77 bits per heavy atom. The number of hydrogen-bond donors (Lipinski definition) is 0. The molecule has 0 bridgehead atoms. The Balaban J connectivity index is 3.12. The minimum Gasteiger partial charge on any atom is -0.491 e. The number of aryl methyl sites for hydroxylation is 1. The summed E-state index contributed by atoms with van der Waals surface area (Å²) >= 11 is 0. The third-order valence-electron chi connectivity index (χ3n) is 1.75. The highest BCUT2D eigenvalue weighted by Gasteiger charge is 2.06. The average Bonchev–Trinajstić information content (AvgIpc) is 2.11. The lowest BCUT2D eigenvalue weighted by Gasteiger charge is -2.06. The summed E-state index contributed by atoms with van der Waals surface area (Å²) in [4.78, 5) is 10.4. The van der Waals surface area contributed by atoms with Gasteiger partial charge in [-0.2, -0.15) is 0 Å². The minimum absolute atomic E-state index is 0.200. The van der Waals surface area contributed by atoms with Crippen LogP contribution in [-0.4, -0.2) is 12.9 Å². The normalized spacial score (nSPS) is 9.77. The van der Waals surface area contributed by atoms with Crippen LogP contribution in [0.3, 0.4) is 0 Å². The van der Waals surface area contributed by atoms with E-state index >= 15 is 0 Å². The molecule has 0 saturated carbocycles. The van der Waals surface area contributed by atoms with Crippen molar-refractivity contribution in [1.82, 2.24) is 0 Å². The van der Waals surface area contributed by atoms with Gasteiger partial charge in [-0.05, 0) is 31.5 Å². The fourth-order valence-electron chi connectivity index (χ4n) is 1.06. The first-order chi connectivity index (χ1) is 6.19. The number of ether oxygens (including phenoxy) is 1. The summed E-state index contributed by atoms with van der Waals surface area (Å²) in [5.41, 5.74) is 1.08. The first-order valence-electron chi connectivity index (χ1n) is 4.07. The van der Waals surface area contributed by atoms with Crippen LogP contribution in [-0.2, 0) is 0 Å². The van der Waals surface area contributed by atoms with Crippen molar-refractivity contribution in [1.29, 1.82) is 0 Å². The molecule has 0 saturated heterocycles. The van der Waals surface area contributed by atoms with Gasteiger partial charge in [0, 0.05) is 5.56 Å². The van der Waals surface area contributed by atoms with E-state index < -0.39 is 5.82 Å². The van der Waals surface area contributed by atoms with Crippen LogP contribution in [0.15, 0.2) is 12.1 Å². The van der Waals surface area contributed by atoms with Crippen LogP contribution in [0.1, 0.15) is 22.8 Å². The molecule has 0 fully saturated rings. The number of aldehydes is 1. The van der Waals surface area contributed by atoms with Gasteiger partial charge in [-0.1, -0.05) is 0 Å². The Kier molecular flexibility index (Phi) is 3.01. The SMILES string of the molecule is CCOc1cc(C)c(C=O)cc1F. The lowest BCUT2D eigenvalue weighted by atomic mass is 10.1. The number of hydrogen-bond acceptors (Lipinski definition) is 2. The van der Waals surface area contributed by atoms with Crippen LogP contribution in [0.2, 0.25) is 0 Å². The fraction of sp³-hybridized carbons (Fsp3) is 0.300. The number of halogens is 1. The van der Waals surface area contributed by atoms with Crippen molar-refractivity contribution >= 4 is 6.29 Å². The Morgan fingerprint density at radius 2 is 2.23 bits per heavy atom. The molecule has 0 aliphatic heterocycles. The zero-order valence-corrected chi connectivity index (χ0v) is 7.63. The second-order valence-corrected chi connectivity index (χ2v) is 2.69. The van der Waals surface area contributed by atoms with Crippen molar-refractivity contribution in [2.24, 2.45) is 0 Å². The summed E-state index contributed by atoms with van der Waals surface area (Å²) < 4.78 is 18.1. The number of carbonyl (C=O) groups is 1. The van der Waals surface area contributed by atoms with Crippen LogP contribution < -0.4 is 4.74 Å². The highest BCUT2D eigenvalue weighted by molar-refractivity contribution is 5.77. The van der Waals surface area contributed by atoms with E-state index in [1.165, 1.54) is 12.1 Å². The molecule has 1 aromatic rings. The molecule has 1 rings (SSSR count). The number of carbonyl (C=O) groups excluding carboxylic acids is 1. The Bertz CT molecular complexity index is 321. The Hall–Kier alpha value is -1.38. The molecule has 0 N–H and O–H groups in total. The standard InChI is InChI=1S/C10H11FO2/c1-3-13-10-4-7(2)8(6-12)5-9(10)11/h4-6H,3H2,1-2H3. The first kappa shape index (κ1) is 9.71. The summed E-state index contributed by atoms with van der Waals surface area (Å²) in [6, 6.07) is 2.72. The van der Waals surface area contributed by atoms with E-state index in [9.17, 15) is 9.18 Å². The quantitative estimate of drug-likeness (QED) is 0.670. The minimum atomic E-state index is -0.491. The van der Waals surface area contributed by atoms with Gasteiger partial charge in [0.15, 0.2) is 11.6 Å². The van der Waals surface area contributed by atoms with E-state index in [0.717, 1.165) is 5.56 Å². The molecule has 0 aliphatic carbocycles. The number of benzene rings is 1. The molecule has 0 amide bonds. The van der Waals surface area contributed by atoms with E-state index in [0.29, 0.717) is 18.5 Å². The summed E-state index contributed by atoms with van der Waals surface area (Å²) in [6.07, 6.45) is 0.633. The second kappa shape index (κ2) is 4.03. The third kappa shape index (κ3) is 2.05. The van der Waals surface area contributed by atoms with Crippen molar-refractivity contribution in [3.05, 3.63) is 29.1 Å². The van der Waals surface area contributed by atoms with Gasteiger partial charge in [-0.3, -0.25) is 4.79 Å². The van der Waals surface area contributed by atoms with Crippen LogP contribution in [0.25, 0.3) is 0 Å². The van der Waals surface area contributed by atoms with Crippen molar-refractivity contribution in [2.75, 3.05) is 6.61 Å². The monoisotopic (exact) mass is 182 g/mol. The average molecular weight is 182 g/mol. The highest BCUT2D eigenvalue weighted by atomic mass is 19.1. The molecule has 1 aromatic carbocycles. The second-order valence-electron chi connectivity index (χ2n) is 2.69. The van der Waals surface area contributed by atoms with Crippen molar-refractivity contribution in [2.45, 2.75) is 13.8 Å². The zero-order chi connectivity index (χ0) is 9.84. The maximum atomic E-state index is 13.1. The van der Waals surface area contributed by atoms with Crippen LogP contribution >= 0.6 is 0 Å². The highest BCUT2D eigenvalue weighted by Crippen LogP contribution is 2.20. The topological polar surface area (TPSA) is 26.3 Å². The molecule has 0 heterocycles. The maximum absolute atomic E-state index is 13.1. The van der Waals surface area contributed by atoms with Crippen LogP contribution in [0.5, 0.6) is 5.75 Å². The maximum Gasteiger partial charge on any atom is 0.165 e. The summed E-state index contributed by atoms with van der Waals surface area (Å²) in [7, 11) is 0. The van der Waals surface area contributed by atoms with Gasteiger partial charge in [-0.15, -0.1) is 0 Å². The Morgan fingerprint density at radius 1 is 1.54 bits per heavy atom. The van der Waals surface area contributed by atoms with Gasteiger partial charge in [0.05, 0.1) is 6.61 Å². The molecule has 70 valence electrons. The van der Waals surface area contributed by atoms with Crippen LogP contribution in [0, 0.1) is 12.7 Å². The van der Waals surface area contributed by atoms with E-state index in [-0.39, 0.29) is 5.75 Å². The summed E-state index contributed by atoms with van der Waals surface area (Å²) in [5, 5.41) is 0. The van der Waals surface area contributed by atoms with Crippen molar-refractivity contribution in [3.8, 4) is 5.75 Å². The fourth-order valence-corrected chi connectivity index (χ4v) is 1.06. The molecule has 0 radical (unpaired) electrons. The van der Waals surface area contributed by atoms with Gasteiger partial charge in [-0.25, -0.2) is 4.39 Å². The molecule has 0 unspecified atom stereocenters. The molecular weight excluding hydrogens is 171 g/mol.